The molecule has 0 bridgehead atoms. The van der Waals surface area contributed by atoms with E-state index in [1.165, 1.54) is 37.4 Å². The van der Waals surface area contributed by atoms with Gasteiger partial charge in [-0.1, -0.05) is 48.0 Å². The summed E-state index contributed by atoms with van der Waals surface area (Å²) in [5.74, 6) is -1.36. The first-order valence-corrected chi connectivity index (χ1v) is 10.4. The van der Waals surface area contributed by atoms with E-state index in [9.17, 15) is 17.6 Å². The number of hydrogen-bond donors (Lipinski definition) is 0. The number of sulfonamides is 1. The van der Waals surface area contributed by atoms with Gasteiger partial charge in [0, 0.05) is 12.6 Å². The lowest BCUT2D eigenvalue weighted by Gasteiger charge is -2.20. The van der Waals surface area contributed by atoms with E-state index in [-0.39, 0.29) is 27.7 Å². The first-order chi connectivity index (χ1) is 13.8. The average molecular weight is 434 g/mol. The van der Waals surface area contributed by atoms with Gasteiger partial charge in [-0.05, 0) is 36.4 Å². The molecular formula is C21H17ClFNO4S. The maximum atomic E-state index is 13.7. The number of halogens is 2. The van der Waals surface area contributed by atoms with Gasteiger partial charge in [-0.2, -0.15) is 0 Å². The predicted molar refractivity (Wildman–Crippen MR) is 109 cm³/mol. The summed E-state index contributed by atoms with van der Waals surface area (Å²) in [4.78, 5) is 12.3. The molecule has 0 heterocycles. The van der Waals surface area contributed by atoms with E-state index >= 15 is 0 Å². The quantitative estimate of drug-likeness (QED) is 0.530. The Balaban J connectivity index is 1.85. The Kier molecular flexibility index (Phi) is 6.20. The molecule has 5 nitrogen and oxygen atoms in total. The fourth-order valence-corrected chi connectivity index (χ4v) is 4.01. The zero-order chi connectivity index (χ0) is 21.0. The number of benzene rings is 3. The van der Waals surface area contributed by atoms with E-state index in [0.29, 0.717) is 5.69 Å². The highest BCUT2D eigenvalue weighted by Gasteiger charge is 2.24. The lowest BCUT2D eigenvalue weighted by Crippen LogP contribution is -2.26. The summed E-state index contributed by atoms with van der Waals surface area (Å²) in [5, 5.41) is 0.0323. The summed E-state index contributed by atoms with van der Waals surface area (Å²) < 4.78 is 45.8. The molecule has 29 heavy (non-hydrogen) atoms. The van der Waals surface area contributed by atoms with Crippen molar-refractivity contribution in [3.63, 3.8) is 0 Å². The van der Waals surface area contributed by atoms with Crippen molar-refractivity contribution in [1.29, 1.82) is 0 Å². The number of hydrogen-bond acceptors (Lipinski definition) is 4. The minimum absolute atomic E-state index is 0.0323. The smallest absolute Gasteiger partial charge is 0.340 e. The van der Waals surface area contributed by atoms with Crippen molar-refractivity contribution >= 4 is 33.3 Å². The summed E-state index contributed by atoms with van der Waals surface area (Å²) in [6.07, 6.45) is 0. The van der Waals surface area contributed by atoms with Crippen LogP contribution in [0.15, 0.2) is 77.7 Å². The molecule has 0 amide bonds. The third kappa shape index (κ3) is 4.58. The third-order valence-corrected chi connectivity index (χ3v) is 6.36. The predicted octanol–water partition coefficient (Wildman–Crippen LogP) is 4.66. The average Bonchev–Trinajstić information content (AvgIpc) is 2.73. The molecule has 0 aliphatic rings. The van der Waals surface area contributed by atoms with Gasteiger partial charge in [0.15, 0.2) is 0 Å². The Labute approximate surface area is 173 Å². The number of esters is 1. The van der Waals surface area contributed by atoms with E-state index in [1.807, 2.05) is 0 Å². The molecule has 0 saturated carbocycles. The van der Waals surface area contributed by atoms with Gasteiger partial charge < -0.3 is 4.74 Å². The van der Waals surface area contributed by atoms with Crippen molar-refractivity contribution in [2.75, 3.05) is 11.4 Å². The van der Waals surface area contributed by atoms with Crippen molar-refractivity contribution in [3.8, 4) is 0 Å². The van der Waals surface area contributed by atoms with Gasteiger partial charge in [0.2, 0.25) is 0 Å². The Morgan fingerprint density at radius 1 is 1.03 bits per heavy atom. The Morgan fingerprint density at radius 3 is 2.38 bits per heavy atom. The number of nitrogens with zero attached hydrogens (tertiary/aromatic N) is 1. The van der Waals surface area contributed by atoms with Crippen molar-refractivity contribution in [2.45, 2.75) is 11.5 Å². The SMILES string of the molecule is CN(c1ccccc1)S(=O)(=O)c1ccc(Cl)c(C(=O)OCc2ccccc2F)c1. The van der Waals surface area contributed by atoms with E-state index in [1.54, 1.807) is 36.4 Å². The van der Waals surface area contributed by atoms with Gasteiger partial charge in [0.1, 0.15) is 12.4 Å². The van der Waals surface area contributed by atoms with Crippen LogP contribution in [0.1, 0.15) is 15.9 Å². The third-order valence-electron chi connectivity index (χ3n) is 4.25. The molecule has 0 atom stereocenters. The minimum Gasteiger partial charge on any atom is -0.457 e. The fourth-order valence-electron chi connectivity index (χ4n) is 2.59. The molecule has 3 rings (SSSR count). The molecule has 0 radical (unpaired) electrons. The highest BCUT2D eigenvalue weighted by molar-refractivity contribution is 7.92. The van der Waals surface area contributed by atoms with Gasteiger partial charge in [-0.25, -0.2) is 17.6 Å². The Bertz CT molecular complexity index is 1140. The van der Waals surface area contributed by atoms with Gasteiger partial charge in [0.05, 0.1) is 21.2 Å². The molecule has 0 fully saturated rings. The van der Waals surface area contributed by atoms with Gasteiger partial charge in [-0.15, -0.1) is 0 Å². The number of anilines is 1. The molecule has 0 aromatic heterocycles. The first-order valence-electron chi connectivity index (χ1n) is 8.55. The fraction of sp³-hybridized carbons (Fsp3) is 0.0952. The lowest BCUT2D eigenvalue weighted by molar-refractivity contribution is 0.0469. The Hall–Kier alpha value is -2.90. The highest BCUT2D eigenvalue weighted by atomic mass is 35.5. The standard InChI is InChI=1S/C21H17ClFNO4S/c1-24(16-8-3-2-4-9-16)29(26,27)17-11-12-19(22)18(13-17)21(25)28-14-15-7-5-6-10-20(15)23/h2-13H,14H2,1H3. The topological polar surface area (TPSA) is 63.7 Å². The van der Waals surface area contributed by atoms with Gasteiger partial charge >= 0.3 is 5.97 Å². The zero-order valence-electron chi connectivity index (χ0n) is 15.4. The molecular weight excluding hydrogens is 417 g/mol. The molecule has 0 saturated heterocycles. The summed E-state index contributed by atoms with van der Waals surface area (Å²) in [6, 6.07) is 18.2. The second-order valence-electron chi connectivity index (χ2n) is 6.12. The molecule has 0 spiro atoms. The van der Waals surface area contributed by atoms with Crippen LogP contribution >= 0.6 is 11.6 Å². The maximum Gasteiger partial charge on any atom is 0.340 e. The van der Waals surface area contributed by atoms with Crippen LogP contribution in [0.5, 0.6) is 0 Å². The molecule has 3 aromatic rings. The van der Waals surface area contributed by atoms with Crippen molar-refractivity contribution < 1.29 is 22.3 Å². The number of carbonyl (C=O) groups excluding carboxylic acids is 1. The second kappa shape index (κ2) is 8.63. The number of ether oxygens (including phenoxy) is 1. The van der Waals surface area contributed by atoms with Crippen molar-refractivity contribution in [2.24, 2.45) is 0 Å². The van der Waals surface area contributed by atoms with Crippen LogP contribution < -0.4 is 4.31 Å². The summed E-state index contributed by atoms with van der Waals surface area (Å²) >= 11 is 6.07. The van der Waals surface area contributed by atoms with E-state index < -0.39 is 21.8 Å². The molecule has 0 aliphatic heterocycles. The highest BCUT2D eigenvalue weighted by Crippen LogP contribution is 2.26. The van der Waals surface area contributed by atoms with Crippen LogP contribution in [0.3, 0.4) is 0 Å². The molecule has 3 aromatic carbocycles. The van der Waals surface area contributed by atoms with Crippen LogP contribution in [0.25, 0.3) is 0 Å². The van der Waals surface area contributed by atoms with E-state index in [0.717, 1.165) is 10.4 Å². The number of para-hydroxylation sites is 1. The van der Waals surface area contributed by atoms with Crippen molar-refractivity contribution in [3.05, 3.63) is 94.8 Å². The molecule has 0 unspecified atom stereocenters. The zero-order valence-corrected chi connectivity index (χ0v) is 17.0. The minimum atomic E-state index is -3.93. The second-order valence-corrected chi connectivity index (χ2v) is 8.49. The number of carbonyl (C=O) groups is 1. The molecule has 150 valence electrons. The largest absolute Gasteiger partial charge is 0.457 e. The molecule has 0 N–H and O–H groups in total. The normalized spacial score (nSPS) is 11.1. The monoisotopic (exact) mass is 433 g/mol. The summed E-state index contributed by atoms with van der Waals surface area (Å²) in [5.41, 5.74) is 0.543. The van der Waals surface area contributed by atoms with Crippen LogP contribution in [0.4, 0.5) is 10.1 Å². The van der Waals surface area contributed by atoms with Crippen LogP contribution in [-0.4, -0.2) is 21.4 Å². The Morgan fingerprint density at radius 2 is 1.69 bits per heavy atom. The van der Waals surface area contributed by atoms with Crippen molar-refractivity contribution in [1.82, 2.24) is 0 Å². The first kappa shape index (κ1) is 20.8. The molecule has 0 aliphatic carbocycles. The lowest BCUT2D eigenvalue weighted by atomic mass is 10.2. The van der Waals surface area contributed by atoms with Gasteiger partial charge in [0.25, 0.3) is 10.0 Å². The molecule has 8 heteroatoms. The van der Waals surface area contributed by atoms with E-state index in [2.05, 4.69) is 0 Å². The van der Waals surface area contributed by atoms with E-state index in [4.69, 9.17) is 16.3 Å². The number of rotatable bonds is 6. The maximum absolute atomic E-state index is 13.7. The summed E-state index contributed by atoms with van der Waals surface area (Å²) in [6.45, 7) is -0.303. The summed E-state index contributed by atoms with van der Waals surface area (Å²) in [7, 11) is -2.52. The van der Waals surface area contributed by atoms with Gasteiger partial charge in [-0.3, -0.25) is 4.31 Å². The van der Waals surface area contributed by atoms with Crippen LogP contribution in [0, 0.1) is 5.82 Å². The van der Waals surface area contributed by atoms with Crippen LogP contribution in [-0.2, 0) is 21.4 Å². The van der Waals surface area contributed by atoms with Crippen LogP contribution in [0.2, 0.25) is 5.02 Å².